The van der Waals surface area contributed by atoms with E-state index in [4.69, 9.17) is 4.98 Å². The Balaban J connectivity index is 1.36. The number of nitrogens with zero attached hydrogens (tertiary/aromatic N) is 4. The maximum atomic E-state index is 4.77. The first-order chi connectivity index (χ1) is 12.9. The molecule has 4 nitrogen and oxygen atoms in total. The average molecular weight is 441 g/mol. The summed E-state index contributed by atoms with van der Waals surface area (Å²) < 4.78 is 2.11. The summed E-state index contributed by atoms with van der Waals surface area (Å²) >= 11 is 3.48. The number of aromatic nitrogens is 3. The molecule has 0 bridgehead atoms. The van der Waals surface area contributed by atoms with Gasteiger partial charge in [0.2, 0.25) is 0 Å². The molecule has 0 amide bonds. The summed E-state index contributed by atoms with van der Waals surface area (Å²) in [6.45, 7) is 0. The van der Waals surface area contributed by atoms with Crippen molar-refractivity contribution in [2.75, 3.05) is 0 Å². The van der Waals surface area contributed by atoms with E-state index in [-0.39, 0.29) is 0 Å². The van der Waals surface area contributed by atoms with Crippen molar-refractivity contribution in [3.05, 3.63) is 76.9 Å². The Labute approximate surface area is 165 Å². The van der Waals surface area contributed by atoms with Gasteiger partial charge in [-0.15, -0.1) is 0 Å². The number of hydrogen-bond acceptors (Lipinski definition) is 6. The van der Waals surface area contributed by atoms with E-state index in [1.807, 2.05) is 42.6 Å². The van der Waals surface area contributed by atoms with E-state index in [1.54, 1.807) is 11.8 Å². The zero-order valence-corrected chi connectivity index (χ0v) is 17.0. The molecule has 0 saturated heterocycles. The van der Waals surface area contributed by atoms with Crippen molar-refractivity contribution in [3.63, 3.8) is 0 Å². The van der Waals surface area contributed by atoms with Crippen LogP contribution < -0.4 is 0 Å². The minimum atomic E-state index is 0.309. The maximum absolute atomic E-state index is 4.77. The van der Waals surface area contributed by atoms with E-state index in [2.05, 4.69) is 44.4 Å². The third-order valence-electron chi connectivity index (χ3n) is 3.44. The quantitative estimate of drug-likeness (QED) is 0.247. The van der Waals surface area contributed by atoms with Gasteiger partial charge in [0.25, 0.3) is 0 Å². The molecule has 0 aliphatic rings. The first kappa shape index (κ1) is 17.4. The van der Waals surface area contributed by atoms with Gasteiger partial charge in [0.15, 0.2) is 0 Å². The number of thioether (sulfide) groups is 1. The van der Waals surface area contributed by atoms with Crippen LogP contribution >= 0.6 is 23.1 Å². The topological polar surface area (TPSA) is 51.0 Å². The second-order valence-corrected chi connectivity index (χ2v) is 9.30. The molecular weight excluding hydrogens is 427 g/mol. The molecule has 2 aromatic carbocycles. The Morgan fingerprint density at radius 3 is 2.58 bits per heavy atom. The number of hydrogen-bond donors (Lipinski definition) is 0. The van der Waals surface area contributed by atoms with Gasteiger partial charge in [-0.25, -0.2) is 0 Å². The molecule has 7 heteroatoms. The molecule has 2 heterocycles. The summed E-state index contributed by atoms with van der Waals surface area (Å²) in [6.07, 6.45) is 1.81. The summed E-state index contributed by atoms with van der Waals surface area (Å²) in [5.41, 5.74) is 3.40. The Hall–Kier alpha value is -2.05. The summed E-state index contributed by atoms with van der Waals surface area (Å²) in [7, 11) is 0. The standard InChI is InChI=1S/C19H14N4S2Se/c1-3-7-14(8-4-1)11-20-18-22-23-19(25-18)24-12-16-13-26-17(21-16)15-9-5-2-6-10-15/h1-11,13H,12H2. The molecule has 0 N–H and O–H groups in total. The van der Waals surface area contributed by atoms with Crippen molar-refractivity contribution in [3.8, 4) is 10.1 Å². The molecule has 0 saturated carbocycles. The average Bonchev–Trinajstić information content (AvgIpc) is 3.36. The van der Waals surface area contributed by atoms with E-state index in [0.29, 0.717) is 19.6 Å². The Morgan fingerprint density at radius 2 is 1.77 bits per heavy atom. The van der Waals surface area contributed by atoms with Gasteiger partial charge in [0.05, 0.1) is 0 Å². The van der Waals surface area contributed by atoms with Crippen LogP contribution in [0.15, 0.2) is 74.9 Å². The summed E-state index contributed by atoms with van der Waals surface area (Å²) in [6, 6.07) is 20.4. The van der Waals surface area contributed by atoms with Crippen LogP contribution in [0.2, 0.25) is 0 Å². The zero-order chi connectivity index (χ0) is 17.6. The molecule has 0 spiro atoms. The van der Waals surface area contributed by atoms with Gasteiger partial charge in [-0.2, -0.15) is 0 Å². The van der Waals surface area contributed by atoms with E-state index in [9.17, 15) is 0 Å². The fourth-order valence-corrected chi connectivity index (χ4v) is 5.75. The number of rotatable bonds is 6. The molecule has 0 atom stereocenters. The van der Waals surface area contributed by atoms with Crippen LogP contribution in [-0.4, -0.2) is 35.9 Å². The first-order valence-electron chi connectivity index (χ1n) is 7.92. The summed E-state index contributed by atoms with van der Waals surface area (Å²) in [5.74, 6) is 0.815. The van der Waals surface area contributed by atoms with E-state index in [0.717, 1.165) is 21.3 Å². The van der Waals surface area contributed by atoms with Crippen molar-refractivity contribution in [1.29, 1.82) is 0 Å². The van der Waals surface area contributed by atoms with Crippen LogP contribution in [0, 0.1) is 0 Å². The molecule has 0 unspecified atom stereocenters. The predicted octanol–water partition coefficient (Wildman–Crippen LogP) is 4.70. The fourth-order valence-electron chi connectivity index (χ4n) is 2.20. The van der Waals surface area contributed by atoms with Crippen LogP contribution in [0.5, 0.6) is 0 Å². The normalized spacial score (nSPS) is 11.2. The molecule has 2 aromatic heterocycles. The van der Waals surface area contributed by atoms with Crippen LogP contribution in [-0.2, 0) is 5.75 Å². The Morgan fingerprint density at radius 1 is 1.00 bits per heavy atom. The van der Waals surface area contributed by atoms with E-state index in [1.165, 1.54) is 21.5 Å². The molecule has 128 valence electrons. The van der Waals surface area contributed by atoms with Gasteiger partial charge >= 0.3 is 160 Å². The van der Waals surface area contributed by atoms with Gasteiger partial charge in [-0.05, 0) is 0 Å². The molecule has 0 radical (unpaired) electrons. The fraction of sp³-hybridized carbons (Fsp3) is 0.0526. The second kappa shape index (κ2) is 8.56. The molecule has 4 rings (SSSR count). The summed E-state index contributed by atoms with van der Waals surface area (Å²) in [5, 5.41) is 9.03. The van der Waals surface area contributed by atoms with Crippen molar-refractivity contribution >= 4 is 48.9 Å². The van der Waals surface area contributed by atoms with Crippen LogP contribution in [0.25, 0.3) is 10.1 Å². The second-order valence-electron chi connectivity index (χ2n) is 5.32. The van der Waals surface area contributed by atoms with Crippen molar-refractivity contribution in [1.82, 2.24) is 15.2 Å². The Bertz CT molecular complexity index is 997. The molecular formula is C19H14N4S2Se. The van der Waals surface area contributed by atoms with Crippen molar-refractivity contribution < 1.29 is 0 Å². The number of aliphatic imine (C=N–C) groups is 1. The molecule has 0 aliphatic carbocycles. The van der Waals surface area contributed by atoms with Crippen LogP contribution in [0.1, 0.15) is 11.3 Å². The molecule has 0 fully saturated rings. The SMILES string of the molecule is C(=Nc1nnc(SCc2c[se]c(-c3ccccc3)n2)s1)c1ccccc1. The van der Waals surface area contributed by atoms with Crippen molar-refractivity contribution in [2.24, 2.45) is 4.99 Å². The summed E-state index contributed by atoms with van der Waals surface area (Å²) in [4.78, 5) is 11.4. The van der Waals surface area contributed by atoms with E-state index < -0.39 is 0 Å². The number of benzene rings is 2. The molecule has 0 aliphatic heterocycles. The molecule has 4 aromatic rings. The Kier molecular flexibility index (Phi) is 5.71. The molecule has 26 heavy (non-hydrogen) atoms. The first-order valence-corrected chi connectivity index (χ1v) is 11.6. The minimum absolute atomic E-state index is 0.309. The van der Waals surface area contributed by atoms with Crippen LogP contribution in [0.3, 0.4) is 0 Å². The van der Waals surface area contributed by atoms with Gasteiger partial charge < -0.3 is 0 Å². The van der Waals surface area contributed by atoms with Crippen molar-refractivity contribution in [2.45, 2.75) is 10.1 Å². The van der Waals surface area contributed by atoms with Crippen LogP contribution in [0.4, 0.5) is 5.13 Å². The monoisotopic (exact) mass is 442 g/mol. The van der Waals surface area contributed by atoms with Gasteiger partial charge in [0, 0.05) is 0 Å². The van der Waals surface area contributed by atoms with Gasteiger partial charge in [-0.1, -0.05) is 6.07 Å². The zero-order valence-electron chi connectivity index (χ0n) is 13.6. The third-order valence-corrected chi connectivity index (χ3v) is 7.41. The van der Waals surface area contributed by atoms with Gasteiger partial charge in [-0.3, -0.25) is 0 Å². The van der Waals surface area contributed by atoms with E-state index >= 15 is 0 Å². The third kappa shape index (κ3) is 4.56. The van der Waals surface area contributed by atoms with Gasteiger partial charge in [0.1, 0.15) is 0 Å². The predicted molar refractivity (Wildman–Crippen MR) is 110 cm³/mol.